The van der Waals surface area contributed by atoms with Crippen molar-refractivity contribution in [3.8, 4) is 0 Å². The zero-order valence-corrected chi connectivity index (χ0v) is 8.60. The summed E-state index contributed by atoms with van der Waals surface area (Å²) < 4.78 is 0.926. The molecule has 1 heterocycles. The van der Waals surface area contributed by atoms with Gasteiger partial charge in [-0.25, -0.2) is 0 Å². The highest BCUT2D eigenvalue weighted by Gasteiger charge is 2.19. The molecule has 3 N–H and O–H groups in total. The molecular weight excluding hydrogens is 198 g/mol. The molecule has 1 unspecified atom stereocenters. The quantitative estimate of drug-likeness (QED) is 0.659. The molecule has 3 nitrogen and oxygen atoms in total. The first-order valence-electron chi connectivity index (χ1n) is 4.33. The Balaban J connectivity index is 2.64. The molecule has 1 aliphatic rings. The summed E-state index contributed by atoms with van der Waals surface area (Å²) in [6, 6.07) is 1.77. The molecular formula is C10H11NO2S. The molecule has 0 spiro atoms. The monoisotopic (exact) mass is 209 g/mol. The Morgan fingerprint density at radius 2 is 2.43 bits per heavy atom. The fourth-order valence-corrected chi connectivity index (χ4v) is 2.57. The lowest BCUT2D eigenvalue weighted by Gasteiger charge is -2.17. The minimum atomic E-state index is -0.799. The lowest BCUT2D eigenvalue weighted by molar-refractivity contribution is 0.100. The maximum absolute atomic E-state index is 10.9. The molecule has 14 heavy (non-hydrogen) atoms. The Bertz CT molecular complexity index is 499. The van der Waals surface area contributed by atoms with Crippen LogP contribution in [-0.2, 0) is 0 Å². The number of rotatable bonds is 1. The van der Waals surface area contributed by atoms with Gasteiger partial charge in [-0.3, -0.25) is 4.79 Å². The summed E-state index contributed by atoms with van der Waals surface area (Å²) in [7, 11) is 0. The number of amides is 1. The molecule has 0 saturated carbocycles. The molecule has 74 valence electrons. The fourth-order valence-electron chi connectivity index (χ4n) is 1.47. The highest BCUT2D eigenvalue weighted by atomic mass is 32.1. The van der Waals surface area contributed by atoms with E-state index in [9.17, 15) is 9.90 Å². The van der Waals surface area contributed by atoms with Gasteiger partial charge < -0.3 is 10.8 Å². The average molecular weight is 209 g/mol. The van der Waals surface area contributed by atoms with Crippen molar-refractivity contribution in [3.63, 3.8) is 0 Å². The Hall–Kier alpha value is -1.13. The van der Waals surface area contributed by atoms with Gasteiger partial charge in [0.25, 0.3) is 5.91 Å². The third kappa shape index (κ3) is 1.58. The van der Waals surface area contributed by atoms with Gasteiger partial charge >= 0.3 is 0 Å². The van der Waals surface area contributed by atoms with Gasteiger partial charge in [-0.05, 0) is 30.7 Å². The van der Waals surface area contributed by atoms with E-state index in [0.29, 0.717) is 11.3 Å². The number of carbonyl (C=O) groups is 1. The number of thiophene rings is 1. The maximum Gasteiger partial charge on any atom is 0.258 e. The van der Waals surface area contributed by atoms with Crippen LogP contribution in [0, 0.1) is 0 Å². The van der Waals surface area contributed by atoms with Crippen LogP contribution in [0.2, 0.25) is 0 Å². The van der Waals surface area contributed by atoms with Crippen LogP contribution < -0.4 is 15.5 Å². The summed E-state index contributed by atoms with van der Waals surface area (Å²) in [6.45, 7) is 1.75. The van der Waals surface area contributed by atoms with Gasteiger partial charge in [-0.15, -0.1) is 11.3 Å². The topological polar surface area (TPSA) is 63.3 Å². The van der Waals surface area contributed by atoms with Gasteiger partial charge in [0, 0.05) is 4.53 Å². The van der Waals surface area contributed by atoms with Crippen LogP contribution in [0.3, 0.4) is 0 Å². The lowest BCUT2D eigenvalue weighted by Crippen LogP contribution is -2.32. The van der Waals surface area contributed by atoms with Crippen LogP contribution in [0.25, 0.3) is 12.2 Å². The van der Waals surface area contributed by atoms with Crippen molar-refractivity contribution in [2.24, 2.45) is 5.73 Å². The fraction of sp³-hybridized carbons (Fsp3) is 0.300. The van der Waals surface area contributed by atoms with Crippen molar-refractivity contribution in [1.82, 2.24) is 0 Å². The number of carbonyl (C=O) groups excluding carboxylic acids is 1. The second-order valence-electron chi connectivity index (χ2n) is 3.70. The van der Waals surface area contributed by atoms with E-state index in [-0.39, 0.29) is 0 Å². The van der Waals surface area contributed by atoms with Gasteiger partial charge in [-0.1, -0.05) is 6.08 Å². The summed E-state index contributed by atoms with van der Waals surface area (Å²) in [6.07, 6.45) is 4.28. The van der Waals surface area contributed by atoms with Gasteiger partial charge in [0.2, 0.25) is 0 Å². The third-order valence-electron chi connectivity index (χ3n) is 2.21. The average Bonchev–Trinajstić information content (AvgIpc) is 2.45. The molecule has 2 rings (SSSR count). The Kier molecular flexibility index (Phi) is 1.97. The highest BCUT2D eigenvalue weighted by Crippen LogP contribution is 2.14. The van der Waals surface area contributed by atoms with Gasteiger partial charge in [0.05, 0.1) is 10.5 Å². The Labute approximate surface area is 85.2 Å². The Morgan fingerprint density at radius 3 is 3.07 bits per heavy atom. The molecule has 0 aliphatic heterocycles. The molecule has 0 saturated heterocycles. The van der Waals surface area contributed by atoms with Crippen molar-refractivity contribution in [1.29, 1.82) is 0 Å². The van der Waals surface area contributed by atoms with E-state index in [2.05, 4.69) is 0 Å². The molecule has 0 bridgehead atoms. The minimum Gasteiger partial charge on any atom is -0.386 e. The van der Waals surface area contributed by atoms with Crippen molar-refractivity contribution >= 4 is 29.4 Å². The second kappa shape index (κ2) is 2.93. The first-order chi connectivity index (χ1) is 6.48. The van der Waals surface area contributed by atoms with E-state index >= 15 is 0 Å². The highest BCUT2D eigenvalue weighted by molar-refractivity contribution is 7.12. The third-order valence-corrected chi connectivity index (χ3v) is 3.32. The van der Waals surface area contributed by atoms with Crippen LogP contribution in [0.1, 0.15) is 23.0 Å². The van der Waals surface area contributed by atoms with Gasteiger partial charge in [0.1, 0.15) is 0 Å². The predicted molar refractivity (Wildman–Crippen MR) is 56.3 cm³/mol. The normalized spacial score (nSPS) is 24.7. The molecule has 4 heteroatoms. The molecule has 1 aliphatic carbocycles. The van der Waals surface area contributed by atoms with Gasteiger partial charge in [0.15, 0.2) is 0 Å². The number of aliphatic hydroxyl groups is 1. The number of hydrogen-bond donors (Lipinski definition) is 2. The molecule has 1 atom stereocenters. The smallest absolute Gasteiger partial charge is 0.258 e. The number of nitrogens with two attached hydrogens (primary N) is 1. The Morgan fingerprint density at radius 1 is 1.71 bits per heavy atom. The number of fused-ring (bicyclic) bond motifs is 1. The first-order valence-corrected chi connectivity index (χ1v) is 5.15. The van der Waals surface area contributed by atoms with E-state index < -0.39 is 11.5 Å². The van der Waals surface area contributed by atoms with E-state index in [0.717, 1.165) is 9.75 Å². The number of primary amides is 1. The molecule has 1 aromatic rings. The van der Waals surface area contributed by atoms with E-state index in [1.54, 1.807) is 19.1 Å². The van der Waals surface area contributed by atoms with Crippen LogP contribution in [-0.4, -0.2) is 16.6 Å². The molecule has 1 amide bonds. The zero-order chi connectivity index (χ0) is 10.3. The van der Waals surface area contributed by atoms with Gasteiger partial charge in [-0.2, -0.15) is 0 Å². The second-order valence-corrected chi connectivity index (χ2v) is 4.79. The van der Waals surface area contributed by atoms with Crippen LogP contribution in [0.15, 0.2) is 6.07 Å². The maximum atomic E-state index is 10.9. The predicted octanol–water partition coefficient (Wildman–Crippen LogP) is -0.437. The van der Waals surface area contributed by atoms with Crippen LogP contribution >= 0.6 is 11.3 Å². The molecule has 0 fully saturated rings. The zero-order valence-electron chi connectivity index (χ0n) is 7.78. The largest absolute Gasteiger partial charge is 0.386 e. The summed E-state index contributed by atoms with van der Waals surface area (Å²) in [4.78, 5) is 11.5. The first kappa shape index (κ1) is 9.43. The number of hydrogen-bond acceptors (Lipinski definition) is 3. The minimum absolute atomic E-state index is 0.411. The van der Waals surface area contributed by atoms with Crippen molar-refractivity contribution in [2.75, 3.05) is 0 Å². The van der Waals surface area contributed by atoms with Crippen LogP contribution in [0.4, 0.5) is 0 Å². The van der Waals surface area contributed by atoms with E-state index in [1.807, 2.05) is 6.08 Å². The molecule has 0 radical (unpaired) electrons. The van der Waals surface area contributed by atoms with Crippen molar-refractivity contribution in [3.05, 3.63) is 20.7 Å². The van der Waals surface area contributed by atoms with E-state index in [4.69, 9.17) is 5.73 Å². The van der Waals surface area contributed by atoms with Crippen LogP contribution in [0.5, 0.6) is 0 Å². The molecule has 1 aromatic heterocycles. The SMILES string of the molecule is CC1(O)C=c2sc(C(N)=O)cc2=CC1. The summed E-state index contributed by atoms with van der Waals surface area (Å²) in [5, 5.41) is 10.8. The van der Waals surface area contributed by atoms with Crippen molar-refractivity contribution < 1.29 is 9.90 Å². The van der Waals surface area contributed by atoms with E-state index in [1.165, 1.54) is 11.3 Å². The summed E-state index contributed by atoms with van der Waals surface area (Å²) >= 11 is 1.32. The van der Waals surface area contributed by atoms with Crippen molar-refractivity contribution in [2.45, 2.75) is 18.9 Å². The molecule has 0 aromatic carbocycles. The summed E-state index contributed by atoms with van der Waals surface area (Å²) in [5.74, 6) is -0.411. The lowest BCUT2D eigenvalue weighted by atomic mass is 9.98. The standard InChI is InChI=1S/C10H11NO2S/c1-10(13)3-2-6-4-7(9(11)12)14-8(6)5-10/h2,4-5,13H,3H2,1H3,(H2,11,12). The summed E-state index contributed by atoms with van der Waals surface area (Å²) in [5.41, 5.74) is 4.38.